The summed E-state index contributed by atoms with van der Waals surface area (Å²) in [6.07, 6.45) is 1.96. The second kappa shape index (κ2) is 7.14. The average molecular weight is 381 g/mol. The number of benzene rings is 1. The van der Waals surface area contributed by atoms with Crippen molar-refractivity contribution in [1.29, 1.82) is 0 Å². The van der Waals surface area contributed by atoms with Crippen LogP contribution in [-0.2, 0) is 11.2 Å². The monoisotopic (exact) mass is 381 g/mol. The van der Waals surface area contributed by atoms with Gasteiger partial charge in [-0.2, -0.15) is 0 Å². The number of fused-ring (bicyclic) bond motifs is 2. The number of carbonyl (C=O) groups is 2. The molecule has 0 radical (unpaired) electrons. The van der Waals surface area contributed by atoms with Crippen LogP contribution in [0.5, 0.6) is 5.75 Å². The van der Waals surface area contributed by atoms with Crippen LogP contribution >= 0.6 is 0 Å². The summed E-state index contributed by atoms with van der Waals surface area (Å²) in [6, 6.07) is 11.1. The van der Waals surface area contributed by atoms with Gasteiger partial charge in [-0.15, -0.1) is 0 Å². The zero-order chi connectivity index (χ0) is 19.7. The van der Waals surface area contributed by atoms with E-state index in [1.54, 1.807) is 12.1 Å². The van der Waals surface area contributed by atoms with Crippen LogP contribution in [0.2, 0.25) is 0 Å². The number of aliphatic carboxylic acids is 1. The number of aromatic nitrogens is 1. The summed E-state index contributed by atoms with van der Waals surface area (Å²) in [5, 5.41) is 12.9. The first kappa shape index (κ1) is 18.3. The van der Waals surface area contributed by atoms with Crippen molar-refractivity contribution in [1.82, 2.24) is 10.3 Å². The number of carboxylic acids is 1. The van der Waals surface area contributed by atoms with Gasteiger partial charge in [0.15, 0.2) is 0 Å². The van der Waals surface area contributed by atoms with Crippen LogP contribution in [0.4, 0.5) is 5.82 Å². The first-order chi connectivity index (χ1) is 13.5. The summed E-state index contributed by atoms with van der Waals surface area (Å²) in [5.74, 6) is 0.324. The molecule has 4 rings (SSSR count). The lowest BCUT2D eigenvalue weighted by molar-refractivity contribution is -0.150. The van der Waals surface area contributed by atoms with Crippen LogP contribution in [0.25, 0.3) is 0 Å². The molecule has 2 aliphatic heterocycles. The van der Waals surface area contributed by atoms with Gasteiger partial charge in [-0.1, -0.05) is 18.2 Å². The predicted molar refractivity (Wildman–Crippen MR) is 104 cm³/mol. The average Bonchev–Trinajstić information content (AvgIpc) is 2.99. The predicted octanol–water partition coefficient (Wildman–Crippen LogP) is 1.97. The van der Waals surface area contributed by atoms with Crippen LogP contribution in [0, 0.1) is 11.3 Å². The number of anilines is 1. The highest BCUT2D eigenvalue weighted by Gasteiger charge is 2.54. The van der Waals surface area contributed by atoms with E-state index in [-0.39, 0.29) is 11.8 Å². The van der Waals surface area contributed by atoms with Crippen molar-refractivity contribution in [3.05, 3.63) is 53.7 Å². The van der Waals surface area contributed by atoms with Crippen molar-refractivity contribution in [3.63, 3.8) is 0 Å². The zero-order valence-electron chi connectivity index (χ0n) is 15.7. The van der Waals surface area contributed by atoms with Gasteiger partial charge >= 0.3 is 5.97 Å². The molecular weight excluding hydrogens is 358 g/mol. The number of hydrogen-bond donors (Lipinski definition) is 2. The number of rotatable bonds is 4. The van der Waals surface area contributed by atoms with Crippen LogP contribution in [0.3, 0.4) is 0 Å². The number of hydrogen-bond acceptors (Lipinski definition) is 5. The van der Waals surface area contributed by atoms with Crippen molar-refractivity contribution >= 4 is 17.7 Å². The molecule has 7 nitrogen and oxygen atoms in total. The van der Waals surface area contributed by atoms with Crippen molar-refractivity contribution in [3.8, 4) is 5.75 Å². The summed E-state index contributed by atoms with van der Waals surface area (Å²) in [4.78, 5) is 30.7. The molecule has 1 saturated heterocycles. The lowest BCUT2D eigenvalue weighted by Crippen LogP contribution is -2.42. The lowest BCUT2D eigenvalue weighted by atomic mass is 9.74. The van der Waals surface area contributed by atoms with E-state index >= 15 is 0 Å². The fraction of sp³-hybridized carbons (Fsp3) is 0.381. The Hall–Kier alpha value is -3.09. The summed E-state index contributed by atoms with van der Waals surface area (Å²) in [6.45, 7) is 3.68. The molecule has 7 heteroatoms. The van der Waals surface area contributed by atoms with Crippen LogP contribution in [0.15, 0.2) is 42.6 Å². The minimum atomic E-state index is -0.924. The van der Waals surface area contributed by atoms with Gasteiger partial charge in [0.2, 0.25) is 0 Å². The molecule has 0 aliphatic carbocycles. The van der Waals surface area contributed by atoms with E-state index in [1.807, 2.05) is 36.1 Å². The summed E-state index contributed by atoms with van der Waals surface area (Å²) in [7, 11) is 0. The number of ether oxygens (including phenoxy) is 1. The minimum absolute atomic E-state index is 0.151. The summed E-state index contributed by atoms with van der Waals surface area (Å²) in [5.41, 5.74) is 0.491. The molecule has 0 spiro atoms. The van der Waals surface area contributed by atoms with Gasteiger partial charge in [-0.05, 0) is 37.1 Å². The molecule has 3 heterocycles. The molecule has 28 heavy (non-hydrogen) atoms. The number of carboxylic acid groups (broad SMARTS) is 1. The molecule has 0 unspecified atom stereocenters. The highest BCUT2D eigenvalue weighted by molar-refractivity contribution is 5.94. The van der Waals surface area contributed by atoms with Gasteiger partial charge in [0.05, 0.1) is 17.6 Å². The standard InChI is InChI=1S/C21H23N3O4/c1-2-22-19(25)15-7-8-18(23-10-15)24-11-16-12-28-17-6-4-3-5-14(17)9-21(16,13-24)20(26)27/h3-8,10,16H,2,9,11-13H2,1H3,(H,22,25)(H,26,27)/t16-,21+/m1/s1. The maximum atomic E-state index is 12.4. The molecule has 1 fully saturated rings. The topological polar surface area (TPSA) is 91.8 Å². The smallest absolute Gasteiger partial charge is 0.312 e. The Morgan fingerprint density at radius 2 is 2.14 bits per heavy atom. The largest absolute Gasteiger partial charge is 0.493 e. The molecule has 2 aliphatic rings. The summed E-state index contributed by atoms with van der Waals surface area (Å²) < 4.78 is 5.94. The van der Waals surface area contributed by atoms with Crippen molar-refractivity contribution in [2.24, 2.45) is 11.3 Å². The van der Waals surface area contributed by atoms with E-state index < -0.39 is 11.4 Å². The van der Waals surface area contributed by atoms with Gasteiger partial charge < -0.3 is 20.1 Å². The molecule has 2 N–H and O–H groups in total. The van der Waals surface area contributed by atoms with E-state index in [1.165, 1.54) is 6.20 Å². The second-order valence-corrected chi connectivity index (χ2v) is 7.40. The molecular formula is C21H23N3O4. The van der Waals surface area contributed by atoms with Gasteiger partial charge in [0.1, 0.15) is 11.6 Å². The first-order valence-electron chi connectivity index (χ1n) is 9.47. The maximum Gasteiger partial charge on any atom is 0.312 e. The molecule has 1 aromatic heterocycles. The fourth-order valence-corrected chi connectivity index (χ4v) is 4.17. The Morgan fingerprint density at radius 3 is 2.86 bits per heavy atom. The molecule has 1 amide bonds. The number of pyridine rings is 1. The molecule has 1 aromatic carbocycles. The quantitative estimate of drug-likeness (QED) is 0.841. The van der Waals surface area contributed by atoms with E-state index in [9.17, 15) is 14.7 Å². The first-order valence-corrected chi connectivity index (χ1v) is 9.47. The zero-order valence-corrected chi connectivity index (χ0v) is 15.7. The van der Waals surface area contributed by atoms with E-state index in [0.29, 0.717) is 44.0 Å². The van der Waals surface area contributed by atoms with Gasteiger partial charge in [0, 0.05) is 31.7 Å². The molecule has 2 aromatic rings. The second-order valence-electron chi connectivity index (χ2n) is 7.40. The number of carbonyl (C=O) groups excluding carboxylic acids is 1. The van der Waals surface area contributed by atoms with Crippen molar-refractivity contribution < 1.29 is 19.4 Å². The SMILES string of the molecule is CCNC(=O)c1ccc(N2C[C@@H]3COc4ccccc4C[C@]3(C(=O)O)C2)nc1. The Labute approximate surface area is 163 Å². The molecule has 146 valence electrons. The Morgan fingerprint density at radius 1 is 1.32 bits per heavy atom. The number of para-hydroxylation sites is 1. The normalized spacial score (nSPS) is 23.2. The number of amides is 1. The van der Waals surface area contributed by atoms with Crippen LogP contribution < -0.4 is 15.0 Å². The Bertz CT molecular complexity index is 899. The van der Waals surface area contributed by atoms with Gasteiger partial charge in [-0.3, -0.25) is 9.59 Å². The highest BCUT2D eigenvalue weighted by atomic mass is 16.5. The van der Waals surface area contributed by atoms with Crippen molar-refractivity contribution in [2.75, 3.05) is 31.1 Å². The van der Waals surface area contributed by atoms with E-state index in [2.05, 4.69) is 10.3 Å². The Kier molecular flexibility index (Phi) is 4.66. The number of nitrogens with zero attached hydrogens (tertiary/aromatic N) is 2. The van der Waals surface area contributed by atoms with E-state index in [0.717, 1.165) is 11.3 Å². The highest BCUT2D eigenvalue weighted by Crippen LogP contribution is 2.44. The maximum absolute atomic E-state index is 12.4. The minimum Gasteiger partial charge on any atom is -0.493 e. The molecule has 2 atom stereocenters. The van der Waals surface area contributed by atoms with Crippen LogP contribution in [-0.4, -0.2) is 48.2 Å². The number of nitrogens with one attached hydrogen (secondary N) is 1. The van der Waals surface area contributed by atoms with Crippen LogP contribution in [0.1, 0.15) is 22.8 Å². The van der Waals surface area contributed by atoms with Gasteiger partial charge in [0.25, 0.3) is 5.91 Å². The van der Waals surface area contributed by atoms with E-state index in [4.69, 9.17) is 4.74 Å². The third-order valence-corrected chi connectivity index (χ3v) is 5.71. The lowest BCUT2D eigenvalue weighted by Gasteiger charge is -2.27. The third kappa shape index (κ3) is 3.06. The Balaban J connectivity index is 1.60. The summed E-state index contributed by atoms with van der Waals surface area (Å²) >= 11 is 0. The fourth-order valence-electron chi connectivity index (χ4n) is 4.17. The van der Waals surface area contributed by atoms with Gasteiger partial charge in [-0.25, -0.2) is 4.98 Å². The molecule has 0 saturated carbocycles. The third-order valence-electron chi connectivity index (χ3n) is 5.71. The molecule has 0 bridgehead atoms. The van der Waals surface area contributed by atoms with Crippen molar-refractivity contribution in [2.45, 2.75) is 13.3 Å².